The van der Waals surface area contributed by atoms with E-state index in [2.05, 4.69) is 5.32 Å². The average Bonchev–Trinajstić information content (AvgIpc) is 2.16. The Morgan fingerprint density at radius 3 is 2.47 bits per heavy atom. The van der Waals surface area contributed by atoms with Crippen LogP contribution in [-0.2, 0) is 4.74 Å². The zero-order valence-electron chi connectivity index (χ0n) is 9.61. The minimum absolute atomic E-state index is 0.231. The van der Waals surface area contributed by atoms with Crippen molar-refractivity contribution in [2.75, 3.05) is 5.32 Å². The minimum Gasteiger partial charge on any atom is -0.444 e. The number of hydrogen-bond donors (Lipinski definition) is 1. The Labute approximate surface area is 103 Å². The number of halogens is 3. The Bertz CT molecular complexity index is 444. The summed E-state index contributed by atoms with van der Waals surface area (Å²) in [5.74, 6) is -1.92. The van der Waals surface area contributed by atoms with Crippen molar-refractivity contribution in [1.82, 2.24) is 0 Å². The van der Waals surface area contributed by atoms with Gasteiger partial charge in [-0.3, -0.25) is 5.32 Å². The standard InChI is InChI=1S/C11H12ClF2NO2/c1-11(2,3)17-10(16)15-7-5-4-6(13)8(12)9(7)14/h4-5H,1-3H3,(H,15,16). The fourth-order valence-corrected chi connectivity index (χ4v) is 1.20. The number of carbonyl (C=O) groups is 1. The molecular formula is C11H12ClF2NO2. The first-order chi connectivity index (χ1) is 7.70. The summed E-state index contributed by atoms with van der Waals surface area (Å²) < 4.78 is 31.2. The first-order valence-electron chi connectivity index (χ1n) is 4.84. The van der Waals surface area contributed by atoms with E-state index in [4.69, 9.17) is 16.3 Å². The molecule has 1 aromatic rings. The molecule has 0 heterocycles. The van der Waals surface area contributed by atoms with Crippen molar-refractivity contribution in [2.45, 2.75) is 26.4 Å². The number of hydrogen-bond acceptors (Lipinski definition) is 2. The zero-order valence-corrected chi connectivity index (χ0v) is 10.4. The number of carbonyl (C=O) groups excluding carboxylic acids is 1. The molecule has 94 valence electrons. The minimum atomic E-state index is -1.03. The van der Waals surface area contributed by atoms with E-state index < -0.39 is 28.4 Å². The van der Waals surface area contributed by atoms with Crippen molar-refractivity contribution >= 4 is 23.4 Å². The van der Waals surface area contributed by atoms with Crippen LogP contribution in [0.25, 0.3) is 0 Å². The predicted octanol–water partition coefficient (Wildman–Crippen LogP) is 3.97. The monoisotopic (exact) mass is 263 g/mol. The van der Waals surface area contributed by atoms with Crippen LogP contribution >= 0.6 is 11.6 Å². The van der Waals surface area contributed by atoms with Crippen molar-refractivity contribution in [2.24, 2.45) is 0 Å². The van der Waals surface area contributed by atoms with Gasteiger partial charge in [-0.15, -0.1) is 0 Å². The van der Waals surface area contributed by atoms with E-state index in [0.717, 1.165) is 12.1 Å². The summed E-state index contributed by atoms with van der Waals surface area (Å²) in [5.41, 5.74) is -0.935. The lowest BCUT2D eigenvalue weighted by Gasteiger charge is -2.19. The Morgan fingerprint density at radius 2 is 1.94 bits per heavy atom. The number of anilines is 1. The van der Waals surface area contributed by atoms with E-state index in [0.29, 0.717) is 0 Å². The van der Waals surface area contributed by atoms with Gasteiger partial charge in [0.1, 0.15) is 16.4 Å². The van der Waals surface area contributed by atoms with E-state index in [-0.39, 0.29) is 5.69 Å². The van der Waals surface area contributed by atoms with E-state index >= 15 is 0 Å². The molecule has 17 heavy (non-hydrogen) atoms. The third kappa shape index (κ3) is 3.85. The average molecular weight is 264 g/mol. The van der Waals surface area contributed by atoms with Crippen molar-refractivity contribution in [1.29, 1.82) is 0 Å². The molecule has 1 aromatic carbocycles. The van der Waals surface area contributed by atoms with E-state index in [1.165, 1.54) is 0 Å². The largest absolute Gasteiger partial charge is 0.444 e. The summed E-state index contributed by atoms with van der Waals surface area (Å²) in [6.07, 6.45) is -0.834. The highest BCUT2D eigenvalue weighted by Crippen LogP contribution is 2.25. The fraction of sp³-hybridized carbons (Fsp3) is 0.364. The lowest BCUT2D eigenvalue weighted by atomic mass is 10.2. The molecule has 0 radical (unpaired) electrons. The molecule has 1 N–H and O–H groups in total. The molecule has 0 bridgehead atoms. The fourth-order valence-electron chi connectivity index (χ4n) is 1.04. The Hall–Kier alpha value is -1.36. The molecule has 0 aliphatic heterocycles. The van der Waals surface area contributed by atoms with Gasteiger partial charge in [-0.05, 0) is 32.9 Å². The summed E-state index contributed by atoms with van der Waals surface area (Å²) in [5, 5.41) is 1.48. The van der Waals surface area contributed by atoms with Crippen LogP contribution in [0.3, 0.4) is 0 Å². The molecule has 0 aromatic heterocycles. The molecule has 0 unspecified atom stereocenters. The van der Waals surface area contributed by atoms with E-state index in [9.17, 15) is 13.6 Å². The highest BCUT2D eigenvalue weighted by molar-refractivity contribution is 6.31. The number of nitrogens with one attached hydrogen (secondary N) is 1. The van der Waals surface area contributed by atoms with Crippen LogP contribution in [0.5, 0.6) is 0 Å². The smallest absolute Gasteiger partial charge is 0.412 e. The van der Waals surface area contributed by atoms with Crippen LogP contribution in [0.4, 0.5) is 19.3 Å². The van der Waals surface area contributed by atoms with Crippen LogP contribution in [0.1, 0.15) is 20.8 Å². The predicted molar refractivity (Wildman–Crippen MR) is 61.2 cm³/mol. The van der Waals surface area contributed by atoms with Crippen molar-refractivity contribution in [3.05, 3.63) is 28.8 Å². The van der Waals surface area contributed by atoms with Gasteiger partial charge in [0, 0.05) is 0 Å². The lowest BCUT2D eigenvalue weighted by Crippen LogP contribution is -2.27. The van der Waals surface area contributed by atoms with Gasteiger partial charge in [-0.1, -0.05) is 11.6 Å². The van der Waals surface area contributed by atoms with Crippen LogP contribution in [0.15, 0.2) is 12.1 Å². The second kappa shape index (κ2) is 4.87. The van der Waals surface area contributed by atoms with Crippen LogP contribution < -0.4 is 5.32 Å². The van der Waals surface area contributed by atoms with Gasteiger partial charge in [-0.25, -0.2) is 13.6 Å². The highest BCUT2D eigenvalue weighted by atomic mass is 35.5. The maximum atomic E-state index is 13.4. The Morgan fingerprint density at radius 1 is 1.35 bits per heavy atom. The lowest BCUT2D eigenvalue weighted by molar-refractivity contribution is 0.0635. The van der Waals surface area contributed by atoms with Crippen molar-refractivity contribution in [3.8, 4) is 0 Å². The summed E-state index contributed by atoms with van der Waals surface area (Å²) in [4.78, 5) is 11.3. The first-order valence-corrected chi connectivity index (χ1v) is 5.22. The quantitative estimate of drug-likeness (QED) is 0.779. The SMILES string of the molecule is CC(C)(C)OC(=O)Nc1ccc(F)c(Cl)c1F. The maximum Gasteiger partial charge on any atom is 0.412 e. The first kappa shape index (κ1) is 13.7. The van der Waals surface area contributed by atoms with Crippen molar-refractivity contribution in [3.63, 3.8) is 0 Å². The Balaban J connectivity index is 2.83. The number of benzene rings is 1. The van der Waals surface area contributed by atoms with Gasteiger partial charge in [0.15, 0.2) is 5.82 Å². The molecule has 6 heteroatoms. The molecule has 1 amide bonds. The van der Waals surface area contributed by atoms with Gasteiger partial charge < -0.3 is 4.74 Å². The third-order valence-corrected chi connectivity index (χ3v) is 2.02. The number of rotatable bonds is 1. The summed E-state index contributed by atoms with van der Waals surface area (Å²) in [6.45, 7) is 5.00. The molecule has 3 nitrogen and oxygen atoms in total. The second-order valence-electron chi connectivity index (χ2n) is 4.35. The van der Waals surface area contributed by atoms with Gasteiger partial charge in [-0.2, -0.15) is 0 Å². The van der Waals surface area contributed by atoms with Crippen LogP contribution in [0.2, 0.25) is 5.02 Å². The van der Waals surface area contributed by atoms with Crippen molar-refractivity contribution < 1.29 is 18.3 Å². The summed E-state index contributed by atoms with van der Waals surface area (Å²) in [6, 6.07) is 2.03. The van der Waals surface area contributed by atoms with Gasteiger partial charge >= 0.3 is 6.09 Å². The topological polar surface area (TPSA) is 38.3 Å². The molecule has 1 rings (SSSR count). The normalized spacial score (nSPS) is 11.2. The molecule has 0 atom stereocenters. The number of amides is 1. The summed E-state index contributed by atoms with van der Waals surface area (Å²) >= 11 is 5.36. The molecule has 0 saturated carbocycles. The molecule has 0 aliphatic carbocycles. The van der Waals surface area contributed by atoms with Gasteiger partial charge in [0.25, 0.3) is 0 Å². The second-order valence-corrected chi connectivity index (χ2v) is 4.73. The Kier molecular flexibility index (Phi) is 3.93. The van der Waals surface area contributed by atoms with Crippen LogP contribution in [0, 0.1) is 11.6 Å². The van der Waals surface area contributed by atoms with E-state index in [1.807, 2.05) is 0 Å². The number of ether oxygens (including phenoxy) is 1. The van der Waals surface area contributed by atoms with Gasteiger partial charge in [0.05, 0.1) is 5.69 Å². The third-order valence-electron chi connectivity index (χ3n) is 1.67. The molecule has 0 aliphatic rings. The highest BCUT2D eigenvalue weighted by Gasteiger charge is 2.19. The molecule has 0 saturated heterocycles. The van der Waals surface area contributed by atoms with E-state index in [1.54, 1.807) is 20.8 Å². The summed E-state index contributed by atoms with van der Waals surface area (Å²) in [7, 11) is 0. The molecular weight excluding hydrogens is 252 g/mol. The maximum absolute atomic E-state index is 13.4. The van der Waals surface area contributed by atoms with Gasteiger partial charge in [0.2, 0.25) is 0 Å². The molecule has 0 fully saturated rings. The molecule has 0 spiro atoms. The van der Waals surface area contributed by atoms with Crippen LogP contribution in [-0.4, -0.2) is 11.7 Å². The zero-order chi connectivity index (χ0) is 13.2.